The van der Waals surface area contributed by atoms with Gasteiger partial charge in [-0.2, -0.15) is 0 Å². The van der Waals surface area contributed by atoms with Gasteiger partial charge in [0.25, 0.3) is 5.56 Å². The van der Waals surface area contributed by atoms with Crippen molar-refractivity contribution in [3.63, 3.8) is 0 Å². The van der Waals surface area contributed by atoms with Gasteiger partial charge in [0.15, 0.2) is 5.96 Å². The molecule has 3 N–H and O–H groups in total. The SMILES string of the molecule is Cc1ccc(CN=C(N)NCCc2cccs2)c(=O)n1C.I. The Kier molecular flexibility index (Phi) is 7.60. The van der Waals surface area contributed by atoms with E-state index in [1.54, 1.807) is 29.0 Å². The molecule has 5 nitrogen and oxygen atoms in total. The van der Waals surface area contributed by atoms with E-state index in [4.69, 9.17) is 5.73 Å². The van der Waals surface area contributed by atoms with Crippen molar-refractivity contribution < 1.29 is 0 Å². The standard InChI is InChI=1S/C15H20N4OS.HI/c1-11-5-6-12(14(20)19(11)2)10-18-15(16)17-8-7-13-4-3-9-21-13;/h3-6,9H,7-8,10H2,1-2H3,(H3,16,17,18);1H. The van der Waals surface area contributed by atoms with Crippen LogP contribution in [0.25, 0.3) is 0 Å². The molecule has 0 atom stereocenters. The highest BCUT2D eigenvalue weighted by molar-refractivity contribution is 14.0. The third-order valence-electron chi connectivity index (χ3n) is 3.31. The minimum Gasteiger partial charge on any atom is -0.370 e. The van der Waals surface area contributed by atoms with Crippen molar-refractivity contribution in [3.05, 3.63) is 56.1 Å². The van der Waals surface area contributed by atoms with E-state index in [0.29, 0.717) is 18.1 Å². The number of pyridine rings is 1. The molecule has 120 valence electrons. The molecule has 0 bridgehead atoms. The third-order valence-corrected chi connectivity index (χ3v) is 4.25. The minimum atomic E-state index is -0.0230. The summed E-state index contributed by atoms with van der Waals surface area (Å²) in [5.74, 6) is 0.370. The monoisotopic (exact) mass is 432 g/mol. The second-order valence-electron chi connectivity index (χ2n) is 4.82. The summed E-state index contributed by atoms with van der Waals surface area (Å²) >= 11 is 1.72. The minimum absolute atomic E-state index is 0. The molecule has 0 aliphatic heterocycles. The Labute approximate surface area is 151 Å². The number of rotatable bonds is 5. The van der Waals surface area contributed by atoms with Crippen molar-refractivity contribution in [2.75, 3.05) is 6.54 Å². The number of aliphatic imine (C=N–C) groups is 1. The summed E-state index contributed by atoms with van der Waals surface area (Å²) in [7, 11) is 1.76. The first-order chi connectivity index (χ1) is 10.1. The molecule has 0 fully saturated rings. The van der Waals surface area contributed by atoms with Crippen molar-refractivity contribution in [2.24, 2.45) is 17.8 Å². The highest BCUT2D eigenvalue weighted by atomic mass is 127. The van der Waals surface area contributed by atoms with E-state index in [1.165, 1.54) is 4.88 Å². The largest absolute Gasteiger partial charge is 0.370 e. The lowest BCUT2D eigenvalue weighted by Gasteiger charge is -2.06. The second-order valence-corrected chi connectivity index (χ2v) is 5.85. The Morgan fingerprint density at radius 3 is 2.86 bits per heavy atom. The summed E-state index contributed by atoms with van der Waals surface area (Å²) in [6.07, 6.45) is 0.917. The molecule has 0 saturated heterocycles. The van der Waals surface area contributed by atoms with Crippen LogP contribution in [0.2, 0.25) is 0 Å². The zero-order valence-electron chi connectivity index (χ0n) is 12.7. The van der Waals surface area contributed by atoms with Crippen LogP contribution in [0.5, 0.6) is 0 Å². The molecule has 0 aliphatic carbocycles. The zero-order valence-corrected chi connectivity index (χ0v) is 15.9. The molecule has 2 rings (SSSR count). The molecule has 0 radical (unpaired) electrons. The van der Waals surface area contributed by atoms with Gasteiger partial charge in [-0.05, 0) is 36.9 Å². The van der Waals surface area contributed by atoms with Crippen molar-refractivity contribution in [3.8, 4) is 0 Å². The summed E-state index contributed by atoms with van der Waals surface area (Å²) in [4.78, 5) is 17.5. The quantitative estimate of drug-likeness (QED) is 0.432. The van der Waals surface area contributed by atoms with Crippen LogP contribution in [0.3, 0.4) is 0 Å². The number of nitrogens with two attached hydrogens (primary N) is 1. The first-order valence-electron chi connectivity index (χ1n) is 6.79. The number of hydrogen-bond acceptors (Lipinski definition) is 3. The van der Waals surface area contributed by atoms with E-state index in [2.05, 4.69) is 21.8 Å². The summed E-state index contributed by atoms with van der Waals surface area (Å²) < 4.78 is 1.62. The Morgan fingerprint density at radius 2 is 2.18 bits per heavy atom. The average Bonchev–Trinajstić information content (AvgIpc) is 2.97. The van der Waals surface area contributed by atoms with Gasteiger partial charge in [0.1, 0.15) is 0 Å². The molecule has 0 spiro atoms. The van der Waals surface area contributed by atoms with Crippen LogP contribution >= 0.6 is 35.3 Å². The van der Waals surface area contributed by atoms with Crippen LogP contribution in [-0.4, -0.2) is 17.1 Å². The van der Waals surface area contributed by atoms with E-state index in [0.717, 1.165) is 18.7 Å². The molecule has 0 saturated carbocycles. The van der Waals surface area contributed by atoms with Crippen molar-refractivity contribution in [2.45, 2.75) is 19.9 Å². The number of aromatic nitrogens is 1. The number of hydrogen-bond donors (Lipinski definition) is 2. The lowest BCUT2D eigenvalue weighted by atomic mass is 10.2. The van der Waals surface area contributed by atoms with E-state index in [9.17, 15) is 4.79 Å². The maximum Gasteiger partial charge on any atom is 0.255 e. The maximum atomic E-state index is 12.0. The first kappa shape index (κ1) is 18.7. The zero-order chi connectivity index (χ0) is 15.2. The molecular formula is C15H21IN4OS. The summed E-state index contributed by atoms with van der Waals surface area (Å²) in [6, 6.07) is 7.84. The van der Waals surface area contributed by atoms with Gasteiger partial charge in [-0.25, -0.2) is 4.99 Å². The van der Waals surface area contributed by atoms with Gasteiger partial charge in [0, 0.05) is 29.7 Å². The van der Waals surface area contributed by atoms with Crippen LogP contribution in [-0.2, 0) is 20.0 Å². The number of halogens is 1. The number of guanidine groups is 1. The van der Waals surface area contributed by atoms with Gasteiger partial charge < -0.3 is 15.6 Å². The van der Waals surface area contributed by atoms with E-state index in [-0.39, 0.29) is 29.5 Å². The Balaban J connectivity index is 0.00000242. The maximum absolute atomic E-state index is 12.0. The molecule has 0 aliphatic rings. The second kappa shape index (κ2) is 8.94. The highest BCUT2D eigenvalue weighted by Gasteiger charge is 2.03. The van der Waals surface area contributed by atoms with Crippen molar-refractivity contribution >= 4 is 41.3 Å². The molecule has 22 heavy (non-hydrogen) atoms. The van der Waals surface area contributed by atoms with Gasteiger partial charge >= 0.3 is 0 Å². The fourth-order valence-corrected chi connectivity index (χ4v) is 2.60. The fourth-order valence-electron chi connectivity index (χ4n) is 1.90. The van der Waals surface area contributed by atoms with E-state index < -0.39 is 0 Å². The fraction of sp³-hybridized carbons (Fsp3) is 0.333. The van der Waals surface area contributed by atoms with E-state index >= 15 is 0 Å². The number of thiophene rings is 1. The average molecular weight is 432 g/mol. The van der Waals surface area contributed by atoms with Crippen LogP contribution in [0, 0.1) is 6.92 Å². The molecular weight excluding hydrogens is 411 g/mol. The predicted molar refractivity (Wildman–Crippen MR) is 103 cm³/mol. The van der Waals surface area contributed by atoms with Gasteiger partial charge in [-0.3, -0.25) is 4.79 Å². The molecule has 2 aromatic heterocycles. The van der Waals surface area contributed by atoms with Gasteiger partial charge in [-0.15, -0.1) is 35.3 Å². The third kappa shape index (κ3) is 5.13. The smallest absolute Gasteiger partial charge is 0.255 e. The Bertz CT molecular complexity index is 679. The van der Waals surface area contributed by atoms with Crippen LogP contribution < -0.4 is 16.6 Å². The topological polar surface area (TPSA) is 72.4 Å². The van der Waals surface area contributed by atoms with Crippen molar-refractivity contribution in [1.82, 2.24) is 9.88 Å². The molecule has 0 amide bonds. The summed E-state index contributed by atoms with van der Waals surface area (Å²) in [5.41, 5.74) is 7.36. The number of nitrogens with zero attached hydrogens (tertiary/aromatic N) is 2. The van der Waals surface area contributed by atoms with Crippen LogP contribution in [0.15, 0.2) is 39.4 Å². The highest BCUT2D eigenvalue weighted by Crippen LogP contribution is 2.07. The van der Waals surface area contributed by atoms with Gasteiger partial charge in [0.2, 0.25) is 0 Å². The molecule has 7 heteroatoms. The summed E-state index contributed by atoms with van der Waals surface area (Å²) in [6.45, 7) is 2.93. The van der Waals surface area contributed by atoms with Crippen molar-refractivity contribution in [1.29, 1.82) is 0 Å². The first-order valence-corrected chi connectivity index (χ1v) is 7.67. The predicted octanol–water partition coefficient (Wildman–Crippen LogP) is 2.02. The Morgan fingerprint density at radius 1 is 1.41 bits per heavy atom. The Hall–Kier alpha value is -1.35. The van der Waals surface area contributed by atoms with Crippen LogP contribution in [0.1, 0.15) is 16.1 Å². The molecule has 2 heterocycles. The molecule has 0 aromatic carbocycles. The van der Waals surface area contributed by atoms with Gasteiger partial charge in [-0.1, -0.05) is 6.07 Å². The van der Waals surface area contributed by atoms with Crippen LogP contribution in [0.4, 0.5) is 0 Å². The number of nitrogens with one attached hydrogen (secondary N) is 1. The normalized spacial score (nSPS) is 11.1. The number of aryl methyl sites for hydroxylation is 1. The van der Waals surface area contributed by atoms with E-state index in [1.807, 2.05) is 19.1 Å². The summed E-state index contributed by atoms with van der Waals surface area (Å²) in [5, 5.41) is 5.12. The lowest BCUT2D eigenvalue weighted by molar-refractivity contribution is 0.791. The molecule has 0 unspecified atom stereocenters. The molecule has 2 aromatic rings. The van der Waals surface area contributed by atoms with Gasteiger partial charge in [0.05, 0.1) is 6.54 Å². The lowest BCUT2D eigenvalue weighted by Crippen LogP contribution is -2.33.